The van der Waals surface area contributed by atoms with Gasteiger partial charge in [-0.2, -0.15) is 0 Å². The first-order chi connectivity index (χ1) is 21.8. The summed E-state index contributed by atoms with van der Waals surface area (Å²) in [6.45, 7) is 6.91. The first kappa shape index (κ1) is 31.9. The van der Waals surface area contributed by atoms with Crippen molar-refractivity contribution in [2.75, 3.05) is 47.3 Å². The number of nitrogens with zero attached hydrogens (tertiary/aromatic N) is 3. The molecule has 0 unspecified atom stereocenters. The number of hydrogen-bond acceptors (Lipinski definition) is 10. The summed E-state index contributed by atoms with van der Waals surface area (Å²) in [5.41, 5.74) is 6.70. The minimum absolute atomic E-state index is 0.0459. The average molecular weight is 631 g/mol. The highest BCUT2D eigenvalue weighted by Gasteiger charge is 2.64. The number of aliphatic hydroxyl groups excluding tert-OH is 2. The molecule has 0 bridgehead atoms. The molecule has 244 valence electrons. The molecular formula is C35H42N4O7. The fraction of sp³-hybridized carbons (Fsp3) is 0.457. The second-order valence-corrected chi connectivity index (χ2v) is 13.4. The highest BCUT2D eigenvalue weighted by Crippen LogP contribution is 2.53. The van der Waals surface area contributed by atoms with Gasteiger partial charge in [-0.15, -0.1) is 0 Å². The predicted octanol–water partition coefficient (Wildman–Crippen LogP) is 1.94. The lowest BCUT2D eigenvalue weighted by Crippen LogP contribution is -2.65. The monoisotopic (exact) mass is 630 g/mol. The van der Waals surface area contributed by atoms with Gasteiger partial charge in [-0.05, 0) is 86.3 Å². The molecule has 6 rings (SSSR count). The Morgan fingerprint density at radius 2 is 1.74 bits per heavy atom. The zero-order chi connectivity index (χ0) is 33.2. The fourth-order valence-corrected chi connectivity index (χ4v) is 8.05. The van der Waals surface area contributed by atoms with Gasteiger partial charge in [0.1, 0.15) is 22.8 Å². The summed E-state index contributed by atoms with van der Waals surface area (Å²) < 4.78 is 0. The van der Waals surface area contributed by atoms with E-state index in [2.05, 4.69) is 35.9 Å². The lowest BCUT2D eigenvalue weighted by molar-refractivity contribution is -0.153. The third-order valence-corrected chi connectivity index (χ3v) is 10.5. The van der Waals surface area contributed by atoms with Crippen LogP contribution >= 0.6 is 0 Å². The van der Waals surface area contributed by atoms with E-state index in [1.807, 2.05) is 12.1 Å². The number of nitrogens with two attached hydrogens (primary N) is 1. The van der Waals surface area contributed by atoms with Crippen LogP contribution in [0.25, 0.3) is 16.9 Å². The Morgan fingerprint density at radius 1 is 1.04 bits per heavy atom. The summed E-state index contributed by atoms with van der Waals surface area (Å²) in [6, 6.07) is 8.49. The molecule has 11 nitrogen and oxygen atoms in total. The van der Waals surface area contributed by atoms with Crippen molar-refractivity contribution < 1.29 is 34.8 Å². The van der Waals surface area contributed by atoms with Crippen molar-refractivity contribution in [1.82, 2.24) is 14.7 Å². The van der Waals surface area contributed by atoms with Crippen LogP contribution in [-0.2, 0) is 33.8 Å². The van der Waals surface area contributed by atoms with Crippen molar-refractivity contribution in [2.24, 2.45) is 17.6 Å². The largest absolute Gasteiger partial charge is 0.508 e. The molecule has 2 aromatic rings. The molecule has 0 aromatic heterocycles. The molecule has 1 saturated heterocycles. The number of hydrogen-bond donors (Lipinski definition) is 5. The molecule has 1 amide bonds. The van der Waals surface area contributed by atoms with E-state index < -0.39 is 58.0 Å². The molecule has 0 radical (unpaired) electrons. The van der Waals surface area contributed by atoms with Crippen LogP contribution in [0, 0.1) is 11.8 Å². The summed E-state index contributed by atoms with van der Waals surface area (Å²) >= 11 is 0. The molecular weight excluding hydrogens is 588 g/mol. The van der Waals surface area contributed by atoms with Gasteiger partial charge in [0.2, 0.25) is 5.78 Å². The Kier molecular flexibility index (Phi) is 8.08. The topological polar surface area (TPSA) is 168 Å². The number of ketones is 2. The second kappa shape index (κ2) is 11.6. The number of aryl methyl sites for hydroxylation is 1. The van der Waals surface area contributed by atoms with Gasteiger partial charge in [0.15, 0.2) is 11.4 Å². The summed E-state index contributed by atoms with van der Waals surface area (Å²) in [7, 11) is 5.30. The highest BCUT2D eigenvalue weighted by atomic mass is 16.3. The molecule has 2 fully saturated rings. The van der Waals surface area contributed by atoms with Gasteiger partial charge in [0.05, 0.1) is 11.6 Å². The lowest BCUT2D eigenvalue weighted by atomic mass is 9.57. The van der Waals surface area contributed by atoms with E-state index >= 15 is 0 Å². The third kappa shape index (κ3) is 4.84. The summed E-state index contributed by atoms with van der Waals surface area (Å²) in [5.74, 6) is -6.60. The average Bonchev–Trinajstić information content (AvgIpc) is 3.00. The van der Waals surface area contributed by atoms with Crippen molar-refractivity contribution in [3.63, 3.8) is 0 Å². The number of Topliss-reactive ketones (excluding diaryl/α,β-unsaturated/α-hetero) is 2. The maximum Gasteiger partial charge on any atom is 0.255 e. The normalized spacial score (nSPS) is 27.1. The van der Waals surface area contributed by atoms with E-state index in [1.165, 1.54) is 22.1 Å². The Labute approximate surface area is 268 Å². The number of benzene rings is 2. The third-order valence-electron chi connectivity index (χ3n) is 10.5. The number of carbonyl (C=O) groups excluding carboxylic acids is 3. The number of likely N-dealkylation sites (N-methyl/N-ethyl adjacent to an activating group) is 2. The minimum Gasteiger partial charge on any atom is -0.508 e. The number of piperazine rings is 1. The van der Waals surface area contributed by atoms with Crippen LogP contribution in [0.1, 0.15) is 35.6 Å². The molecule has 1 saturated carbocycles. The van der Waals surface area contributed by atoms with Crippen LogP contribution in [0.5, 0.6) is 5.75 Å². The maximum atomic E-state index is 14.1. The standard InChI is InChI=1S/C35H42N4O7/c1-5-18-6-7-19(14-21(18)17-39-12-10-38(4)11-13-39)22-8-9-25(40)27-23(22)15-20-16-24-29(37(2)3)31(42)28(34(36)45)33(44)35(24,46)32(43)26(20)30(27)41/h6-9,14,20,24,29,40-41,44,46H,5,10-13,15-17H2,1-4H3,(H2,36,45)/t20-,24-,29+,35-/m0/s1. The van der Waals surface area contributed by atoms with E-state index in [9.17, 15) is 34.8 Å². The molecule has 0 spiro atoms. The number of fused-ring (bicyclic) bond motifs is 3. The Morgan fingerprint density at radius 3 is 2.37 bits per heavy atom. The fourth-order valence-electron chi connectivity index (χ4n) is 8.05. The van der Waals surface area contributed by atoms with Gasteiger partial charge in [0, 0.05) is 44.2 Å². The summed E-state index contributed by atoms with van der Waals surface area (Å²) in [6.07, 6.45) is 1.16. The van der Waals surface area contributed by atoms with Crippen LogP contribution in [0.3, 0.4) is 0 Å². The van der Waals surface area contributed by atoms with Gasteiger partial charge >= 0.3 is 0 Å². The molecule has 11 heteroatoms. The molecule has 2 aromatic carbocycles. The Bertz CT molecular complexity index is 1700. The number of carbonyl (C=O) groups is 3. The van der Waals surface area contributed by atoms with Gasteiger partial charge in [-0.1, -0.05) is 25.1 Å². The van der Waals surface area contributed by atoms with Crippen molar-refractivity contribution >= 4 is 23.2 Å². The number of aliphatic hydroxyl groups is 3. The van der Waals surface area contributed by atoms with E-state index in [0.717, 1.165) is 50.3 Å². The van der Waals surface area contributed by atoms with Crippen molar-refractivity contribution in [2.45, 2.75) is 44.4 Å². The van der Waals surface area contributed by atoms with Crippen molar-refractivity contribution in [1.29, 1.82) is 0 Å². The molecule has 46 heavy (non-hydrogen) atoms. The van der Waals surface area contributed by atoms with Gasteiger partial charge in [-0.25, -0.2) is 0 Å². The highest BCUT2D eigenvalue weighted by molar-refractivity contribution is 6.24. The van der Waals surface area contributed by atoms with Crippen LogP contribution < -0.4 is 5.73 Å². The molecule has 4 atom stereocenters. The maximum absolute atomic E-state index is 14.1. The van der Waals surface area contributed by atoms with Crippen molar-refractivity contribution in [3.05, 3.63) is 69.5 Å². The lowest BCUT2D eigenvalue weighted by Gasteiger charge is -2.50. The molecule has 6 N–H and O–H groups in total. The number of phenolic OH excluding ortho intramolecular Hbond substituents is 1. The van der Waals surface area contributed by atoms with Crippen LogP contribution in [-0.4, -0.2) is 112 Å². The van der Waals surface area contributed by atoms with E-state index in [0.29, 0.717) is 5.56 Å². The van der Waals surface area contributed by atoms with Gasteiger partial charge < -0.3 is 31.1 Å². The zero-order valence-corrected chi connectivity index (χ0v) is 26.7. The molecule has 1 aliphatic heterocycles. The first-order valence-electron chi connectivity index (χ1n) is 15.8. The number of phenols is 1. The summed E-state index contributed by atoms with van der Waals surface area (Å²) in [4.78, 5) is 46.0. The number of amides is 1. The Balaban J connectivity index is 1.46. The van der Waals surface area contributed by atoms with Gasteiger partial charge in [0.25, 0.3) is 5.91 Å². The zero-order valence-electron chi connectivity index (χ0n) is 26.7. The van der Waals surface area contributed by atoms with Crippen LogP contribution in [0.4, 0.5) is 0 Å². The molecule has 4 aliphatic rings. The van der Waals surface area contributed by atoms with E-state index in [1.54, 1.807) is 14.1 Å². The molecule has 1 heterocycles. The Hall–Kier alpha value is -4.03. The second-order valence-electron chi connectivity index (χ2n) is 13.4. The smallest absolute Gasteiger partial charge is 0.255 e. The quantitative estimate of drug-likeness (QED) is 0.298. The SMILES string of the molecule is CCc1ccc(-c2ccc(O)c3c2C[C@H]2C[C@H]4[C@@H](N(C)C)C(=O)C(C(N)=O)=C(O)[C@@]4(O)C(=O)C2=C3O)cc1CN1CCN(C)CC1. The minimum atomic E-state index is -2.66. The van der Waals surface area contributed by atoms with E-state index in [4.69, 9.17) is 5.73 Å². The number of aromatic hydroxyl groups is 1. The van der Waals surface area contributed by atoms with Gasteiger partial charge in [-0.3, -0.25) is 24.2 Å². The van der Waals surface area contributed by atoms with Crippen LogP contribution in [0.15, 0.2) is 47.2 Å². The number of primary amides is 1. The number of rotatable bonds is 6. The first-order valence-corrected chi connectivity index (χ1v) is 15.8. The summed E-state index contributed by atoms with van der Waals surface area (Å²) in [5, 5.41) is 45.6. The molecule has 3 aliphatic carbocycles. The predicted molar refractivity (Wildman–Crippen MR) is 172 cm³/mol. The van der Waals surface area contributed by atoms with Crippen LogP contribution in [0.2, 0.25) is 0 Å². The van der Waals surface area contributed by atoms with E-state index in [-0.39, 0.29) is 29.7 Å². The van der Waals surface area contributed by atoms with Crippen molar-refractivity contribution in [3.8, 4) is 16.9 Å².